The fourth-order valence-corrected chi connectivity index (χ4v) is 1.25. The molecule has 0 heterocycles. The average molecular weight is 187 g/mol. The summed E-state index contributed by atoms with van der Waals surface area (Å²) < 4.78 is 0. The van der Waals surface area contributed by atoms with Crippen LogP contribution in [0.2, 0.25) is 0 Å². The number of hydrogen-bond donors (Lipinski definition) is 0. The monoisotopic (exact) mass is 186 g/mol. The molecule has 0 unspecified atom stereocenters. The number of benzene rings is 1. The molecule has 2 radical (unpaired) electrons. The molecule has 0 nitrogen and oxygen atoms in total. The zero-order valence-electron chi connectivity index (χ0n) is 5.98. The van der Waals surface area contributed by atoms with E-state index in [-0.39, 0.29) is 0 Å². The van der Waals surface area contributed by atoms with Gasteiger partial charge in [-0.3, -0.25) is 0 Å². The molecular weight excluding hydrogens is 179 g/mol. The van der Waals surface area contributed by atoms with Crippen LogP contribution in [-0.4, -0.2) is 0 Å². The van der Waals surface area contributed by atoms with Crippen molar-refractivity contribution in [3.8, 4) is 0 Å². The molecule has 1 aromatic carbocycles. The molecule has 0 fully saturated rings. The van der Waals surface area contributed by atoms with Gasteiger partial charge >= 0.3 is 0 Å². The van der Waals surface area contributed by atoms with Gasteiger partial charge in [0, 0.05) is 11.8 Å². The van der Waals surface area contributed by atoms with Crippen LogP contribution in [0, 0.1) is 6.92 Å². The van der Waals surface area contributed by atoms with Crippen molar-refractivity contribution in [3.63, 3.8) is 0 Å². The molecule has 0 bridgehead atoms. The number of hydrogen-bond acceptors (Lipinski definition) is 0. The van der Waals surface area contributed by atoms with Crippen molar-refractivity contribution < 1.29 is 0 Å². The molecule has 58 valence electrons. The molecular formula is C9H8Cl2. The minimum Gasteiger partial charge on any atom is -0.122 e. The van der Waals surface area contributed by atoms with Crippen LogP contribution in [0.1, 0.15) is 16.7 Å². The molecule has 0 aliphatic rings. The topological polar surface area (TPSA) is 0 Å². The Balaban J connectivity index is 3.02. The van der Waals surface area contributed by atoms with Crippen LogP contribution < -0.4 is 0 Å². The van der Waals surface area contributed by atoms with E-state index >= 15 is 0 Å². The molecule has 1 aromatic rings. The smallest absolute Gasteiger partial charge is 0.0474 e. The first kappa shape index (κ1) is 8.89. The van der Waals surface area contributed by atoms with E-state index in [2.05, 4.69) is 0 Å². The van der Waals surface area contributed by atoms with Gasteiger partial charge in [0.2, 0.25) is 0 Å². The summed E-state index contributed by atoms with van der Waals surface area (Å²) in [5.41, 5.74) is 2.75. The number of halogens is 2. The van der Waals surface area contributed by atoms with E-state index in [0.717, 1.165) is 16.7 Å². The molecule has 2 heteroatoms. The molecule has 0 saturated heterocycles. The molecule has 0 aromatic heterocycles. The lowest BCUT2D eigenvalue weighted by Gasteiger charge is -2.01. The summed E-state index contributed by atoms with van der Waals surface area (Å²) in [4.78, 5) is 0. The third-order valence-electron chi connectivity index (χ3n) is 1.38. The minimum absolute atomic E-state index is 0.481. The second-order valence-corrected chi connectivity index (χ2v) is 2.88. The zero-order valence-corrected chi connectivity index (χ0v) is 7.49. The van der Waals surface area contributed by atoms with E-state index < -0.39 is 0 Å². The summed E-state index contributed by atoms with van der Waals surface area (Å²) in [6.45, 7) is 5.59. The van der Waals surface area contributed by atoms with E-state index in [9.17, 15) is 0 Å². The maximum Gasteiger partial charge on any atom is 0.0474 e. The fraction of sp³-hybridized carbons (Fsp3) is 0.222. The molecule has 1 rings (SSSR count). The van der Waals surface area contributed by atoms with Crippen molar-refractivity contribution in [2.75, 3.05) is 0 Å². The first-order valence-corrected chi connectivity index (χ1v) is 4.33. The van der Waals surface area contributed by atoms with Crippen LogP contribution in [0.25, 0.3) is 0 Å². The van der Waals surface area contributed by atoms with Crippen LogP contribution in [0.4, 0.5) is 0 Å². The quantitative estimate of drug-likeness (QED) is 0.623. The normalized spacial score (nSPS) is 10.1. The standard InChI is InChI=1S/C9H8Cl2/c1-7-2-8(5-10)4-9(3-7)6-11/h1-4H,5-6H2. The lowest BCUT2D eigenvalue weighted by Crippen LogP contribution is -1.85. The average Bonchev–Trinajstić information content (AvgIpc) is 2.03. The van der Waals surface area contributed by atoms with Crippen molar-refractivity contribution in [3.05, 3.63) is 41.8 Å². The molecule has 0 saturated carbocycles. The van der Waals surface area contributed by atoms with E-state index in [1.807, 2.05) is 18.2 Å². The van der Waals surface area contributed by atoms with Crippen LogP contribution in [0.3, 0.4) is 0 Å². The van der Waals surface area contributed by atoms with E-state index in [1.54, 1.807) is 0 Å². The Kier molecular flexibility index (Phi) is 3.22. The van der Waals surface area contributed by atoms with Crippen LogP contribution in [-0.2, 0) is 11.8 Å². The number of rotatable bonds is 2. The van der Waals surface area contributed by atoms with Crippen LogP contribution in [0.5, 0.6) is 0 Å². The molecule has 0 N–H and O–H groups in total. The van der Waals surface area contributed by atoms with Gasteiger partial charge in [-0.1, -0.05) is 18.2 Å². The first-order chi connectivity index (χ1) is 5.26. The van der Waals surface area contributed by atoms with Crippen molar-refractivity contribution >= 4 is 23.2 Å². The molecule has 0 amide bonds. The maximum absolute atomic E-state index is 5.63. The van der Waals surface area contributed by atoms with Gasteiger partial charge in [-0.2, -0.15) is 0 Å². The second kappa shape index (κ2) is 3.99. The van der Waals surface area contributed by atoms with E-state index in [4.69, 9.17) is 30.1 Å². The Labute approximate surface area is 77.1 Å². The van der Waals surface area contributed by atoms with Crippen LogP contribution >= 0.6 is 23.2 Å². The van der Waals surface area contributed by atoms with Gasteiger partial charge in [0.15, 0.2) is 0 Å². The SMILES string of the molecule is [CH]c1cc(CCl)cc(CCl)c1. The second-order valence-electron chi connectivity index (χ2n) is 2.35. The lowest BCUT2D eigenvalue weighted by atomic mass is 10.1. The van der Waals surface area contributed by atoms with Gasteiger partial charge in [0.05, 0.1) is 0 Å². The third kappa shape index (κ3) is 2.39. The highest BCUT2D eigenvalue weighted by Gasteiger charge is 1.95. The van der Waals surface area contributed by atoms with E-state index in [1.165, 1.54) is 0 Å². The van der Waals surface area contributed by atoms with Crippen molar-refractivity contribution in [1.29, 1.82) is 0 Å². The molecule has 11 heavy (non-hydrogen) atoms. The predicted octanol–water partition coefficient (Wildman–Crippen LogP) is 3.22. The molecule has 0 atom stereocenters. The summed E-state index contributed by atoms with van der Waals surface area (Å²) in [6.07, 6.45) is 0. The van der Waals surface area contributed by atoms with Crippen molar-refractivity contribution in [1.82, 2.24) is 0 Å². The Bertz CT molecular complexity index is 221. The fourth-order valence-electron chi connectivity index (χ4n) is 0.946. The Hall–Kier alpha value is -0.200. The Morgan fingerprint density at radius 1 is 1.00 bits per heavy atom. The Morgan fingerprint density at radius 3 is 1.82 bits per heavy atom. The van der Waals surface area contributed by atoms with Gasteiger partial charge in [-0.25, -0.2) is 0 Å². The number of alkyl halides is 2. The predicted molar refractivity (Wildman–Crippen MR) is 49.0 cm³/mol. The summed E-state index contributed by atoms with van der Waals surface area (Å²) in [5.74, 6) is 0.962. The molecule has 0 spiro atoms. The molecule has 0 aliphatic carbocycles. The largest absolute Gasteiger partial charge is 0.122 e. The summed E-state index contributed by atoms with van der Waals surface area (Å²) >= 11 is 11.3. The highest BCUT2D eigenvalue weighted by Crippen LogP contribution is 2.13. The third-order valence-corrected chi connectivity index (χ3v) is 2.00. The van der Waals surface area contributed by atoms with Gasteiger partial charge in [-0.15, -0.1) is 23.2 Å². The lowest BCUT2D eigenvalue weighted by molar-refractivity contribution is 1.30. The van der Waals surface area contributed by atoms with Gasteiger partial charge in [0.1, 0.15) is 0 Å². The first-order valence-electron chi connectivity index (χ1n) is 3.26. The Morgan fingerprint density at radius 2 is 1.45 bits per heavy atom. The van der Waals surface area contributed by atoms with Gasteiger partial charge in [0.25, 0.3) is 0 Å². The van der Waals surface area contributed by atoms with Gasteiger partial charge < -0.3 is 0 Å². The van der Waals surface area contributed by atoms with Crippen molar-refractivity contribution in [2.45, 2.75) is 11.8 Å². The van der Waals surface area contributed by atoms with Crippen LogP contribution in [0.15, 0.2) is 18.2 Å². The maximum atomic E-state index is 5.63. The van der Waals surface area contributed by atoms with Gasteiger partial charge in [-0.05, 0) is 23.6 Å². The molecule has 0 aliphatic heterocycles. The summed E-state index contributed by atoms with van der Waals surface area (Å²) in [7, 11) is 0. The highest BCUT2D eigenvalue weighted by atomic mass is 35.5. The minimum atomic E-state index is 0.481. The summed E-state index contributed by atoms with van der Waals surface area (Å²) in [5, 5.41) is 0. The van der Waals surface area contributed by atoms with E-state index in [0.29, 0.717) is 11.8 Å². The summed E-state index contributed by atoms with van der Waals surface area (Å²) in [6, 6.07) is 5.66. The van der Waals surface area contributed by atoms with Crippen molar-refractivity contribution in [2.24, 2.45) is 0 Å². The zero-order chi connectivity index (χ0) is 8.27. The highest BCUT2D eigenvalue weighted by molar-refractivity contribution is 6.17.